The van der Waals surface area contributed by atoms with E-state index >= 15 is 0 Å². The molecule has 3 aromatic carbocycles. The second-order valence-corrected chi connectivity index (χ2v) is 12.8. The molecule has 1 atom stereocenters. The van der Waals surface area contributed by atoms with Gasteiger partial charge in [0.15, 0.2) is 0 Å². The molecule has 0 aliphatic heterocycles. The number of nitro groups is 1. The number of anilines is 1. The van der Waals surface area contributed by atoms with Crippen LogP contribution in [0.2, 0.25) is 0 Å². The van der Waals surface area contributed by atoms with Crippen LogP contribution < -0.4 is 19.1 Å². The Kier molecular flexibility index (Phi) is 10.7. The minimum absolute atomic E-state index is 0.00178. The Morgan fingerprint density at radius 1 is 1.00 bits per heavy atom. The highest BCUT2D eigenvalue weighted by Crippen LogP contribution is 2.30. The van der Waals surface area contributed by atoms with Gasteiger partial charge in [0.1, 0.15) is 24.1 Å². The van der Waals surface area contributed by atoms with Gasteiger partial charge in [-0.15, -0.1) is 0 Å². The van der Waals surface area contributed by atoms with Crippen molar-refractivity contribution >= 4 is 33.2 Å². The first-order chi connectivity index (χ1) is 21.4. The quantitative estimate of drug-likeness (QED) is 0.211. The van der Waals surface area contributed by atoms with Gasteiger partial charge < -0.3 is 19.7 Å². The molecule has 240 valence electrons. The maximum absolute atomic E-state index is 14.2. The van der Waals surface area contributed by atoms with Gasteiger partial charge in [-0.1, -0.05) is 31.0 Å². The molecule has 4 rings (SSSR count). The minimum atomic E-state index is -4.50. The Bertz CT molecular complexity index is 1640. The summed E-state index contributed by atoms with van der Waals surface area (Å²) in [5, 5.41) is 14.7. The molecule has 0 radical (unpaired) electrons. The standard InChI is InChI=1S/C32H38N4O8S/c1-22-12-17-29(19-30(22)36(39)40)45(41,42)35(26-13-15-27(43-3)16-14-26)21-31(37)34(20-24-8-7-11-28(18-24)44-4)23(2)32(38)33-25-9-5-6-10-25/h7-8,11-19,23,25H,5-6,9-10,20-21H2,1-4H3,(H,33,38). The number of benzene rings is 3. The number of nitrogens with one attached hydrogen (secondary N) is 1. The molecule has 0 heterocycles. The Balaban J connectivity index is 1.74. The maximum Gasteiger partial charge on any atom is 0.273 e. The van der Waals surface area contributed by atoms with E-state index < -0.39 is 33.4 Å². The number of carbonyl (C=O) groups excluding carboxylic acids is 2. The van der Waals surface area contributed by atoms with Crippen molar-refractivity contribution in [2.45, 2.75) is 63.1 Å². The summed E-state index contributed by atoms with van der Waals surface area (Å²) in [6.07, 6.45) is 3.73. The van der Waals surface area contributed by atoms with Crippen LogP contribution in [0.25, 0.3) is 0 Å². The van der Waals surface area contributed by atoms with Crippen molar-refractivity contribution in [3.05, 3.63) is 88.0 Å². The van der Waals surface area contributed by atoms with E-state index in [-0.39, 0.29) is 40.3 Å². The van der Waals surface area contributed by atoms with Crippen LogP contribution in [0.1, 0.15) is 43.7 Å². The molecule has 45 heavy (non-hydrogen) atoms. The van der Waals surface area contributed by atoms with E-state index in [1.54, 1.807) is 43.3 Å². The fourth-order valence-electron chi connectivity index (χ4n) is 5.29. The Labute approximate surface area is 263 Å². The van der Waals surface area contributed by atoms with Crippen molar-refractivity contribution in [2.75, 3.05) is 25.1 Å². The number of carbonyl (C=O) groups is 2. The first-order valence-electron chi connectivity index (χ1n) is 14.6. The molecule has 13 heteroatoms. The molecule has 1 aliphatic rings. The summed E-state index contributed by atoms with van der Waals surface area (Å²) >= 11 is 0. The first kappa shape index (κ1) is 33.2. The van der Waals surface area contributed by atoms with Crippen LogP contribution in [-0.4, -0.2) is 62.9 Å². The van der Waals surface area contributed by atoms with Gasteiger partial charge in [-0.25, -0.2) is 8.42 Å². The molecule has 1 N–H and O–H groups in total. The molecule has 0 spiro atoms. The van der Waals surface area contributed by atoms with Crippen LogP contribution in [0.3, 0.4) is 0 Å². The lowest BCUT2D eigenvalue weighted by Crippen LogP contribution is -2.52. The van der Waals surface area contributed by atoms with E-state index in [1.165, 1.54) is 50.3 Å². The van der Waals surface area contributed by atoms with Crippen molar-refractivity contribution in [1.29, 1.82) is 0 Å². The number of sulfonamides is 1. The van der Waals surface area contributed by atoms with Crippen molar-refractivity contribution < 1.29 is 32.4 Å². The van der Waals surface area contributed by atoms with Gasteiger partial charge >= 0.3 is 0 Å². The van der Waals surface area contributed by atoms with Crippen LogP contribution in [0.5, 0.6) is 11.5 Å². The van der Waals surface area contributed by atoms with Crippen LogP contribution in [0, 0.1) is 17.0 Å². The minimum Gasteiger partial charge on any atom is -0.497 e. The summed E-state index contributed by atoms with van der Waals surface area (Å²) in [5.74, 6) is 0.0377. The Hall–Kier alpha value is -4.65. The lowest BCUT2D eigenvalue weighted by atomic mass is 10.1. The number of nitrogens with zero attached hydrogens (tertiary/aromatic N) is 3. The molecule has 1 saturated carbocycles. The number of aryl methyl sites for hydroxylation is 1. The second-order valence-electron chi connectivity index (χ2n) is 11.0. The van der Waals surface area contributed by atoms with Crippen LogP contribution in [-0.2, 0) is 26.2 Å². The van der Waals surface area contributed by atoms with Gasteiger partial charge in [-0.3, -0.25) is 24.0 Å². The van der Waals surface area contributed by atoms with Gasteiger partial charge in [0, 0.05) is 24.2 Å². The molecule has 12 nitrogen and oxygen atoms in total. The van der Waals surface area contributed by atoms with Crippen LogP contribution in [0.4, 0.5) is 11.4 Å². The number of methoxy groups -OCH3 is 2. The van der Waals surface area contributed by atoms with E-state index in [2.05, 4.69) is 5.32 Å². The molecule has 1 unspecified atom stereocenters. The third-order valence-corrected chi connectivity index (χ3v) is 9.73. The third kappa shape index (κ3) is 7.90. The number of hydrogen-bond acceptors (Lipinski definition) is 8. The Morgan fingerprint density at radius 3 is 2.29 bits per heavy atom. The highest BCUT2D eigenvalue weighted by Gasteiger charge is 2.34. The van der Waals surface area contributed by atoms with Crippen LogP contribution >= 0.6 is 0 Å². The molecule has 0 bridgehead atoms. The largest absolute Gasteiger partial charge is 0.497 e. The average molecular weight is 639 g/mol. The fraction of sp³-hybridized carbons (Fsp3) is 0.375. The summed E-state index contributed by atoms with van der Waals surface area (Å²) in [5.41, 5.74) is 0.736. The lowest BCUT2D eigenvalue weighted by molar-refractivity contribution is -0.385. The van der Waals surface area contributed by atoms with E-state index in [4.69, 9.17) is 9.47 Å². The molecule has 1 aliphatic carbocycles. The highest BCUT2D eigenvalue weighted by atomic mass is 32.2. The summed E-state index contributed by atoms with van der Waals surface area (Å²) in [6, 6.07) is 15.8. The number of hydrogen-bond donors (Lipinski definition) is 1. The summed E-state index contributed by atoms with van der Waals surface area (Å²) < 4.78 is 39.7. The number of nitro benzene ring substituents is 1. The molecule has 3 aromatic rings. The zero-order valence-corrected chi connectivity index (χ0v) is 26.6. The average Bonchev–Trinajstić information content (AvgIpc) is 3.55. The fourth-order valence-corrected chi connectivity index (χ4v) is 6.73. The van der Waals surface area contributed by atoms with Crippen molar-refractivity contribution in [1.82, 2.24) is 10.2 Å². The molecular formula is C32H38N4O8S. The van der Waals surface area contributed by atoms with Crippen molar-refractivity contribution in [3.8, 4) is 11.5 Å². The molecular weight excluding hydrogens is 600 g/mol. The Morgan fingerprint density at radius 2 is 1.67 bits per heavy atom. The topological polar surface area (TPSA) is 148 Å². The monoisotopic (exact) mass is 638 g/mol. The number of amides is 2. The summed E-state index contributed by atoms with van der Waals surface area (Å²) in [7, 11) is -1.52. The van der Waals surface area contributed by atoms with E-state index in [0.29, 0.717) is 17.1 Å². The normalized spacial score (nSPS) is 14.0. The summed E-state index contributed by atoms with van der Waals surface area (Å²) in [4.78, 5) is 39.5. The first-order valence-corrected chi connectivity index (χ1v) is 16.0. The van der Waals surface area contributed by atoms with Gasteiger partial charge in [-0.05, 0) is 74.7 Å². The van der Waals surface area contributed by atoms with Gasteiger partial charge in [-0.2, -0.15) is 0 Å². The van der Waals surface area contributed by atoms with Gasteiger partial charge in [0.05, 0.1) is 29.7 Å². The molecule has 2 amide bonds. The number of rotatable bonds is 13. The molecule has 0 saturated heterocycles. The third-order valence-electron chi connectivity index (χ3n) is 7.96. The van der Waals surface area contributed by atoms with Crippen LogP contribution in [0.15, 0.2) is 71.6 Å². The van der Waals surface area contributed by atoms with Crippen molar-refractivity contribution in [2.24, 2.45) is 0 Å². The smallest absolute Gasteiger partial charge is 0.273 e. The second kappa shape index (κ2) is 14.4. The SMILES string of the molecule is COc1ccc(N(CC(=O)N(Cc2cccc(OC)c2)C(C)C(=O)NC2CCCC2)S(=O)(=O)c2ccc(C)c([N+](=O)[O-])c2)cc1. The summed E-state index contributed by atoms with van der Waals surface area (Å²) in [6.45, 7) is 2.44. The lowest BCUT2D eigenvalue weighted by Gasteiger charge is -2.32. The number of ether oxygens (including phenoxy) is 2. The van der Waals surface area contributed by atoms with Gasteiger partial charge in [0.2, 0.25) is 11.8 Å². The molecule has 1 fully saturated rings. The maximum atomic E-state index is 14.2. The zero-order chi connectivity index (χ0) is 32.7. The predicted molar refractivity (Wildman–Crippen MR) is 169 cm³/mol. The predicted octanol–water partition coefficient (Wildman–Crippen LogP) is 4.59. The molecule has 0 aromatic heterocycles. The highest BCUT2D eigenvalue weighted by molar-refractivity contribution is 7.92. The van der Waals surface area contributed by atoms with Crippen molar-refractivity contribution in [3.63, 3.8) is 0 Å². The van der Waals surface area contributed by atoms with Gasteiger partial charge in [0.25, 0.3) is 15.7 Å². The van der Waals surface area contributed by atoms with E-state index in [9.17, 15) is 28.1 Å². The zero-order valence-electron chi connectivity index (χ0n) is 25.8. The van der Waals surface area contributed by atoms with E-state index in [1.807, 2.05) is 0 Å². The van der Waals surface area contributed by atoms with E-state index in [0.717, 1.165) is 36.1 Å².